The quantitative estimate of drug-likeness (QED) is 0.226. The van der Waals surface area contributed by atoms with E-state index in [0.29, 0.717) is 0 Å². The fraction of sp³-hybridized carbons (Fsp3) is 0.350. The zero-order valence-electron chi connectivity index (χ0n) is 15.6. The lowest BCUT2D eigenvalue weighted by Crippen LogP contribution is -2.38. The fourth-order valence-corrected chi connectivity index (χ4v) is 2.80. The second-order valence-electron chi connectivity index (χ2n) is 6.07. The Kier molecular flexibility index (Phi) is 9.03. The van der Waals surface area contributed by atoms with Gasteiger partial charge in [0.05, 0.1) is 0 Å². The van der Waals surface area contributed by atoms with E-state index in [-0.39, 0.29) is 24.0 Å². The molecule has 27 heavy (non-hydrogen) atoms. The van der Waals surface area contributed by atoms with Gasteiger partial charge in [-0.05, 0) is 37.5 Å². The molecule has 0 atom stereocenters. The van der Waals surface area contributed by atoms with E-state index < -0.39 is 0 Å². The molecule has 2 aromatic heterocycles. The average molecular weight is 478 g/mol. The van der Waals surface area contributed by atoms with Gasteiger partial charge in [-0.3, -0.25) is 9.39 Å². The van der Waals surface area contributed by atoms with Crippen LogP contribution in [0.25, 0.3) is 5.65 Å². The molecule has 0 radical (unpaired) electrons. The monoisotopic (exact) mass is 478 g/mol. The Bertz CT molecular complexity index is 831. The van der Waals surface area contributed by atoms with Gasteiger partial charge in [-0.15, -0.1) is 34.2 Å². The van der Waals surface area contributed by atoms with Crippen LogP contribution in [0.2, 0.25) is 0 Å². The van der Waals surface area contributed by atoms with Crippen LogP contribution in [-0.4, -0.2) is 40.2 Å². The molecule has 144 valence electrons. The molecule has 0 saturated carbocycles. The molecule has 0 aliphatic heterocycles. The van der Waals surface area contributed by atoms with Crippen molar-refractivity contribution >= 4 is 35.6 Å². The van der Waals surface area contributed by atoms with E-state index in [2.05, 4.69) is 57.0 Å². The van der Waals surface area contributed by atoms with Gasteiger partial charge in [0, 0.05) is 32.3 Å². The number of halogens is 1. The highest BCUT2D eigenvalue weighted by Crippen LogP contribution is 2.05. The first-order valence-corrected chi connectivity index (χ1v) is 9.21. The minimum absolute atomic E-state index is 0. The van der Waals surface area contributed by atoms with Crippen LogP contribution >= 0.6 is 24.0 Å². The van der Waals surface area contributed by atoms with E-state index in [1.54, 1.807) is 0 Å². The first-order chi connectivity index (χ1) is 12.9. The smallest absolute Gasteiger partial charge is 0.191 e. The first kappa shape index (κ1) is 21.1. The molecule has 7 heteroatoms. The van der Waals surface area contributed by atoms with Crippen molar-refractivity contribution in [3.8, 4) is 0 Å². The number of aliphatic imine (C=N–C) groups is 1. The van der Waals surface area contributed by atoms with Crippen molar-refractivity contribution in [2.24, 2.45) is 4.99 Å². The lowest BCUT2D eigenvalue weighted by atomic mass is 10.1. The number of nitrogens with zero attached hydrogens (tertiary/aromatic N) is 4. The minimum Gasteiger partial charge on any atom is -0.357 e. The molecule has 0 spiro atoms. The molecule has 1 aromatic carbocycles. The number of aromatic nitrogens is 3. The van der Waals surface area contributed by atoms with Gasteiger partial charge < -0.3 is 10.6 Å². The van der Waals surface area contributed by atoms with Gasteiger partial charge in [-0.25, -0.2) is 0 Å². The number of rotatable bonds is 8. The van der Waals surface area contributed by atoms with Crippen LogP contribution < -0.4 is 10.6 Å². The molecule has 6 nitrogen and oxygen atoms in total. The zero-order chi connectivity index (χ0) is 18.0. The first-order valence-electron chi connectivity index (χ1n) is 9.21. The normalized spacial score (nSPS) is 11.2. The van der Waals surface area contributed by atoms with Gasteiger partial charge in [-0.1, -0.05) is 36.4 Å². The Hall–Kier alpha value is -2.16. The van der Waals surface area contributed by atoms with Gasteiger partial charge in [0.15, 0.2) is 11.6 Å². The molecular weight excluding hydrogens is 451 g/mol. The van der Waals surface area contributed by atoms with E-state index in [1.807, 2.05) is 34.9 Å². The van der Waals surface area contributed by atoms with E-state index in [9.17, 15) is 0 Å². The summed E-state index contributed by atoms with van der Waals surface area (Å²) in [5.74, 6) is 1.85. The number of hydrogen-bond acceptors (Lipinski definition) is 3. The molecule has 2 N–H and O–H groups in total. The number of fused-ring (bicyclic) bond motifs is 1. The third kappa shape index (κ3) is 6.50. The van der Waals surface area contributed by atoms with E-state index >= 15 is 0 Å². The second-order valence-corrected chi connectivity index (χ2v) is 6.07. The van der Waals surface area contributed by atoms with Crippen molar-refractivity contribution < 1.29 is 0 Å². The van der Waals surface area contributed by atoms with Crippen LogP contribution in [-0.2, 0) is 12.8 Å². The van der Waals surface area contributed by atoms with Crippen molar-refractivity contribution in [1.82, 2.24) is 25.2 Å². The lowest BCUT2D eigenvalue weighted by molar-refractivity contribution is 0.750. The van der Waals surface area contributed by atoms with Crippen LogP contribution in [0.1, 0.15) is 24.7 Å². The minimum atomic E-state index is 0. The van der Waals surface area contributed by atoms with Crippen LogP contribution in [0.3, 0.4) is 0 Å². The molecule has 0 aliphatic rings. The molecule has 0 unspecified atom stereocenters. The summed E-state index contributed by atoms with van der Waals surface area (Å²) in [5.41, 5.74) is 2.22. The summed E-state index contributed by atoms with van der Waals surface area (Å²) in [4.78, 5) is 4.66. The van der Waals surface area contributed by atoms with E-state index in [4.69, 9.17) is 0 Å². The molecule has 0 amide bonds. The third-order valence-corrected chi connectivity index (χ3v) is 4.11. The highest BCUT2D eigenvalue weighted by molar-refractivity contribution is 14.0. The van der Waals surface area contributed by atoms with Crippen molar-refractivity contribution in [3.05, 3.63) is 66.1 Å². The Balaban J connectivity index is 0.00000261. The van der Waals surface area contributed by atoms with Crippen LogP contribution in [0.5, 0.6) is 0 Å². The molecule has 0 bridgehead atoms. The van der Waals surface area contributed by atoms with Gasteiger partial charge >= 0.3 is 0 Å². The molecule has 0 fully saturated rings. The maximum Gasteiger partial charge on any atom is 0.191 e. The fourth-order valence-electron chi connectivity index (χ4n) is 2.80. The van der Waals surface area contributed by atoms with Crippen molar-refractivity contribution in [2.75, 3.05) is 19.6 Å². The van der Waals surface area contributed by atoms with Gasteiger partial charge in [0.25, 0.3) is 0 Å². The number of hydrogen-bond donors (Lipinski definition) is 2. The summed E-state index contributed by atoms with van der Waals surface area (Å²) in [6, 6.07) is 16.4. The Morgan fingerprint density at radius 3 is 2.63 bits per heavy atom. The molecule has 2 heterocycles. The Labute approximate surface area is 177 Å². The maximum absolute atomic E-state index is 4.66. The summed E-state index contributed by atoms with van der Waals surface area (Å²) in [6.07, 6.45) is 4.78. The highest BCUT2D eigenvalue weighted by Gasteiger charge is 2.04. The van der Waals surface area contributed by atoms with Gasteiger partial charge in [0.1, 0.15) is 5.82 Å². The highest BCUT2D eigenvalue weighted by atomic mass is 127. The summed E-state index contributed by atoms with van der Waals surface area (Å²) >= 11 is 0. The SMILES string of the molecule is CCNC(=NCCCc1nnc2ccccn12)NCCc1ccccc1.I. The molecular formula is C20H27IN6. The molecule has 0 aliphatic carbocycles. The van der Waals surface area contributed by atoms with Crippen molar-refractivity contribution in [1.29, 1.82) is 0 Å². The summed E-state index contributed by atoms with van der Waals surface area (Å²) in [7, 11) is 0. The van der Waals surface area contributed by atoms with Crippen molar-refractivity contribution in [3.63, 3.8) is 0 Å². The zero-order valence-corrected chi connectivity index (χ0v) is 18.0. The van der Waals surface area contributed by atoms with Crippen LogP contribution in [0, 0.1) is 0 Å². The largest absolute Gasteiger partial charge is 0.357 e. The molecule has 0 saturated heterocycles. The number of aryl methyl sites for hydroxylation is 1. The number of guanidine groups is 1. The number of nitrogens with one attached hydrogen (secondary N) is 2. The van der Waals surface area contributed by atoms with Gasteiger partial charge in [-0.2, -0.15) is 0 Å². The maximum atomic E-state index is 4.66. The predicted molar refractivity (Wildman–Crippen MR) is 121 cm³/mol. The Morgan fingerprint density at radius 2 is 1.81 bits per heavy atom. The topological polar surface area (TPSA) is 66.6 Å². The van der Waals surface area contributed by atoms with Crippen molar-refractivity contribution in [2.45, 2.75) is 26.2 Å². The lowest BCUT2D eigenvalue weighted by Gasteiger charge is -2.11. The average Bonchev–Trinajstić information content (AvgIpc) is 3.09. The molecule has 3 aromatic rings. The van der Waals surface area contributed by atoms with Gasteiger partial charge in [0.2, 0.25) is 0 Å². The van der Waals surface area contributed by atoms with Crippen LogP contribution in [0.4, 0.5) is 0 Å². The molecule has 3 rings (SSSR count). The van der Waals surface area contributed by atoms with E-state index in [0.717, 1.165) is 56.3 Å². The second kappa shape index (κ2) is 11.5. The van der Waals surface area contributed by atoms with E-state index in [1.165, 1.54) is 5.56 Å². The van der Waals surface area contributed by atoms with Crippen LogP contribution in [0.15, 0.2) is 59.7 Å². The summed E-state index contributed by atoms with van der Waals surface area (Å²) < 4.78 is 2.03. The summed E-state index contributed by atoms with van der Waals surface area (Å²) in [5, 5.41) is 15.1. The predicted octanol–water partition coefficient (Wildman–Crippen LogP) is 3.08. The number of benzene rings is 1. The number of pyridine rings is 1. The third-order valence-electron chi connectivity index (χ3n) is 4.11. The standard InChI is InChI=1S/C20H26N6.HI/c1-2-21-20(23-15-13-17-9-4-3-5-10-17)22-14-8-12-19-25-24-18-11-6-7-16-26(18)19;/h3-7,9-11,16H,2,8,12-15H2,1H3,(H2,21,22,23);1H. The Morgan fingerprint density at radius 1 is 1.00 bits per heavy atom. The summed E-state index contributed by atoms with van der Waals surface area (Å²) in [6.45, 7) is 4.55.